The number of piperazine rings is 1. The van der Waals surface area contributed by atoms with Crippen molar-refractivity contribution in [2.24, 2.45) is 0 Å². The highest BCUT2D eigenvalue weighted by atomic mass is 32.2. The van der Waals surface area contributed by atoms with Crippen molar-refractivity contribution < 1.29 is 17.9 Å². The second-order valence-corrected chi connectivity index (χ2v) is 9.07. The third-order valence-corrected chi connectivity index (χ3v) is 5.95. The maximum atomic E-state index is 12.9. The molecule has 7 heteroatoms. The van der Waals surface area contributed by atoms with Gasteiger partial charge in [0.15, 0.2) is 0 Å². The van der Waals surface area contributed by atoms with E-state index in [-0.39, 0.29) is 17.0 Å². The van der Waals surface area contributed by atoms with Crippen LogP contribution in [-0.4, -0.2) is 54.5 Å². The molecule has 0 N–H and O–H groups in total. The van der Waals surface area contributed by atoms with Crippen LogP contribution in [0.15, 0.2) is 35.2 Å². The molecule has 1 heterocycles. The van der Waals surface area contributed by atoms with Crippen molar-refractivity contribution in [3.8, 4) is 0 Å². The predicted molar refractivity (Wildman–Crippen MR) is 92.2 cm³/mol. The summed E-state index contributed by atoms with van der Waals surface area (Å²) in [6, 6.07) is 7.73. The van der Waals surface area contributed by atoms with Crippen LogP contribution in [0.25, 0.3) is 0 Å². The zero-order valence-corrected chi connectivity index (χ0v) is 15.7. The van der Waals surface area contributed by atoms with Gasteiger partial charge in [0.2, 0.25) is 10.0 Å². The maximum absolute atomic E-state index is 12.9. The maximum Gasteiger partial charge on any atom is 0.410 e. The number of carbonyl (C=O) groups excluding carboxylic acids is 1. The normalized spacial score (nSPS) is 23.1. The Morgan fingerprint density at radius 2 is 1.58 bits per heavy atom. The minimum Gasteiger partial charge on any atom is -0.444 e. The van der Waals surface area contributed by atoms with Gasteiger partial charge in [-0.3, -0.25) is 0 Å². The van der Waals surface area contributed by atoms with Gasteiger partial charge in [0, 0.05) is 25.2 Å². The van der Waals surface area contributed by atoms with E-state index in [4.69, 9.17) is 4.74 Å². The molecule has 2 atom stereocenters. The molecule has 0 aliphatic carbocycles. The zero-order chi connectivity index (χ0) is 18.1. The molecule has 0 bridgehead atoms. The van der Waals surface area contributed by atoms with E-state index in [2.05, 4.69) is 0 Å². The first kappa shape index (κ1) is 18.7. The fourth-order valence-electron chi connectivity index (χ4n) is 2.97. The molecule has 1 aromatic rings. The molecule has 1 aromatic carbocycles. The lowest BCUT2D eigenvalue weighted by Gasteiger charge is -2.43. The van der Waals surface area contributed by atoms with Gasteiger partial charge in [0.25, 0.3) is 0 Å². The standard InChI is InChI=1S/C17H26N2O4S/c1-13-11-18(16(20)23-17(3,4)5)12-14(2)19(13)24(21,22)15-9-7-6-8-10-15/h6-10,13-14H,11-12H2,1-5H3/t13-,14+. The lowest BCUT2D eigenvalue weighted by Crippen LogP contribution is -2.60. The summed E-state index contributed by atoms with van der Waals surface area (Å²) in [6.45, 7) is 9.69. The molecule has 134 valence electrons. The summed E-state index contributed by atoms with van der Waals surface area (Å²) in [5.41, 5.74) is -0.573. The highest BCUT2D eigenvalue weighted by molar-refractivity contribution is 7.89. The summed E-state index contributed by atoms with van der Waals surface area (Å²) in [4.78, 5) is 14.1. The molecule has 24 heavy (non-hydrogen) atoms. The minimum atomic E-state index is -3.59. The van der Waals surface area contributed by atoms with Gasteiger partial charge in [-0.15, -0.1) is 0 Å². The van der Waals surface area contributed by atoms with Crippen LogP contribution in [0.3, 0.4) is 0 Å². The molecular formula is C17H26N2O4S. The highest BCUT2D eigenvalue weighted by Crippen LogP contribution is 2.26. The smallest absolute Gasteiger partial charge is 0.410 e. The Bertz CT molecular complexity index is 670. The SMILES string of the molecule is C[C@@H]1CN(C(=O)OC(C)(C)C)C[C@H](C)N1S(=O)(=O)c1ccccc1. The summed E-state index contributed by atoms with van der Waals surface area (Å²) in [5.74, 6) is 0. The Hall–Kier alpha value is -1.60. The van der Waals surface area contributed by atoms with Crippen molar-refractivity contribution in [2.45, 2.75) is 57.2 Å². The number of ether oxygens (including phenoxy) is 1. The largest absolute Gasteiger partial charge is 0.444 e. The van der Waals surface area contributed by atoms with Crippen molar-refractivity contribution in [3.05, 3.63) is 30.3 Å². The number of benzene rings is 1. The van der Waals surface area contributed by atoms with Crippen molar-refractivity contribution >= 4 is 16.1 Å². The molecule has 0 saturated carbocycles. The third-order valence-electron chi connectivity index (χ3n) is 3.81. The number of rotatable bonds is 2. The Labute approximate surface area is 144 Å². The number of nitrogens with zero attached hydrogens (tertiary/aromatic N) is 2. The van der Waals surface area contributed by atoms with Gasteiger partial charge < -0.3 is 9.64 Å². The highest BCUT2D eigenvalue weighted by Gasteiger charge is 2.40. The molecule has 0 aromatic heterocycles. The fourth-order valence-corrected chi connectivity index (χ4v) is 4.80. The number of carbonyl (C=O) groups is 1. The van der Waals surface area contributed by atoms with Crippen LogP contribution in [0.2, 0.25) is 0 Å². The topological polar surface area (TPSA) is 66.9 Å². The van der Waals surface area contributed by atoms with Gasteiger partial charge in [-0.25, -0.2) is 13.2 Å². The molecule has 0 spiro atoms. The molecule has 1 saturated heterocycles. The molecule has 2 rings (SSSR count). The van der Waals surface area contributed by atoms with Gasteiger partial charge in [-0.1, -0.05) is 18.2 Å². The van der Waals surface area contributed by atoms with Gasteiger partial charge in [-0.2, -0.15) is 4.31 Å². The van der Waals surface area contributed by atoms with E-state index < -0.39 is 21.7 Å². The Kier molecular flexibility index (Phi) is 5.25. The Morgan fingerprint density at radius 1 is 1.08 bits per heavy atom. The van der Waals surface area contributed by atoms with Crippen LogP contribution in [0, 0.1) is 0 Å². The number of hydrogen-bond acceptors (Lipinski definition) is 4. The summed E-state index contributed by atoms with van der Waals surface area (Å²) in [6.07, 6.45) is -0.405. The van der Waals surface area contributed by atoms with E-state index >= 15 is 0 Å². The summed E-state index contributed by atoms with van der Waals surface area (Å²) in [7, 11) is -3.59. The van der Waals surface area contributed by atoms with Crippen LogP contribution in [0.4, 0.5) is 4.79 Å². The summed E-state index contributed by atoms with van der Waals surface area (Å²) >= 11 is 0. The van der Waals surface area contributed by atoms with E-state index in [0.29, 0.717) is 13.1 Å². The molecule has 1 aliphatic heterocycles. The molecule has 6 nitrogen and oxygen atoms in total. The first-order valence-corrected chi connectivity index (χ1v) is 9.53. The van der Waals surface area contributed by atoms with E-state index in [9.17, 15) is 13.2 Å². The van der Waals surface area contributed by atoms with Crippen LogP contribution in [0.5, 0.6) is 0 Å². The van der Waals surface area contributed by atoms with Crippen molar-refractivity contribution in [1.82, 2.24) is 9.21 Å². The van der Waals surface area contributed by atoms with Crippen LogP contribution >= 0.6 is 0 Å². The van der Waals surface area contributed by atoms with Gasteiger partial charge in [0.05, 0.1) is 4.90 Å². The monoisotopic (exact) mass is 354 g/mol. The number of amides is 1. The quantitative estimate of drug-likeness (QED) is 0.819. The molecule has 1 amide bonds. The number of hydrogen-bond donors (Lipinski definition) is 0. The second kappa shape index (κ2) is 6.72. The Balaban J connectivity index is 2.19. The average molecular weight is 354 g/mol. The van der Waals surface area contributed by atoms with Gasteiger partial charge in [0.1, 0.15) is 5.60 Å². The molecule has 0 unspecified atom stereocenters. The zero-order valence-electron chi connectivity index (χ0n) is 14.9. The Morgan fingerprint density at radius 3 is 2.04 bits per heavy atom. The molecule has 1 fully saturated rings. The van der Waals surface area contributed by atoms with E-state index in [1.165, 1.54) is 4.31 Å². The summed E-state index contributed by atoms with van der Waals surface area (Å²) in [5, 5.41) is 0. The first-order chi connectivity index (χ1) is 11.0. The first-order valence-electron chi connectivity index (χ1n) is 8.09. The van der Waals surface area contributed by atoms with Crippen molar-refractivity contribution in [1.29, 1.82) is 0 Å². The lowest BCUT2D eigenvalue weighted by molar-refractivity contribution is 0.00744. The van der Waals surface area contributed by atoms with Crippen LogP contribution in [0.1, 0.15) is 34.6 Å². The fraction of sp³-hybridized carbons (Fsp3) is 0.588. The van der Waals surface area contributed by atoms with Crippen molar-refractivity contribution in [3.63, 3.8) is 0 Å². The average Bonchev–Trinajstić information content (AvgIpc) is 2.45. The van der Waals surface area contributed by atoms with Crippen LogP contribution < -0.4 is 0 Å². The van der Waals surface area contributed by atoms with Gasteiger partial charge in [-0.05, 0) is 46.8 Å². The van der Waals surface area contributed by atoms with Gasteiger partial charge >= 0.3 is 6.09 Å². The van der Waals surface area contributed by atoms with E-state index in [1.54, 1.807) is 35.2 Å². The lowest BCUT2D eigenvalue weighted by atomic mass is 10.1. The van der Waals surface area contributed by atoms with E-state index in [1.807, 2.05) is 34.6 Å². The van der Waals surface area contributed by atoms with Crippen LogP contribution in [-0.2, 0) is 14.8 Å². The predicted octanol–water partition coefficient (Wildman–Crippen LogP) is 2.71. The minimum absolute atomic E-state index is 0.273. The molecule has 0 radical (unpaired) electrons. The molecular weight excluding hydrogens is 328 g/mol. The summed E-state index contributed by atoms with van der Waals surface area (Å²) < 4.78 is 32.7. The molecule has 1 aliphatic rings. The van der Waals surface area contributed by atoms with Crippen molar-refractivity contribution in [2.75, 3.05) is 13.1 Å². The third kappa shape index (κ3) is 4.08. The second-order valence-electron chi connectivity index (χ2n) is 7.23. The number of sulfonamides is 1. The van der Waals surface area contributed by atoms with E-state index in [0.717, 1.165) is 0 Å².